The molecule has 0 aliphatic rings. The molecular formula is C19H25NO. The van der Waals surface area contributed by atoms with Gasteiger partial charge in [0.05, 0.1) is 6.61 Å². The predicted octanol–water partition coefficient (Wildman–Crippen LogP) is 4.54. The van der Waals surface area contributed by atoms with Gasteiger partial charge in [-0.1, -0.05) is 56.3 Å². The molecule has 1 N–H and O–H groups in total. The van der Waals surface area contributed by atoms with Crippen LogP contribution in [0.4, 0.5) is 0 Å². The maximum Gasteiger partial charge on any atom is 0.119 e. The van der Waals surface area contributed by atoms with Crippen LogP contribution < -0.4 is 10.1 Å². The fourth-order valence-corrected chi connectivity index (χ4v) is 2.72. The molecule has 0 saturated carbocycles. The van der Waals surface area contributed by atoms with Crippen LogP contribution in [-0.4, -0.2) is 13.2 Å². The van der Waals surface area contributed by atoms with Gasteiger partial charge in [0.15, 0.2) is 0 Å². The largest absolute Gasteiger partial charge is 0.494 e. The highest BCUT2D eigenvalue weighted by molar-refractivity contribution is 5.33. The predicted molar refractivity (Wildman–Crippen MR) is 88.9 cm³/mol. The van der Waals surface area contributed by atoms with E-state index in [0.717, 1.165) is 12.3 Å². The van der Waals surface area contributed by atoms with Crippen LogP contribution in [0.2, 0.25) is 0 Å². The molecule has 0 fully saturated rings. The second-order valence-electron chi connectivity index (χ2n) is 5.24. The molecule has 2 unspecified atom stereocenters. The van der Waals surface area contributed by atoms with E-state index < -0.39 is 0 Å². The van der Waals surface area contributed by atoms with Gasteiger partial charge in [-0.3, -0.25) is 0 Å². The van der Waals surface area contributed by atoms with Gasteiger partial charge in [-0.05, 0) is 36.7 Å². The molecule has 21 heavy (non-hydrogen) atoms. The summed E-state index contributed by atoms with van der Waals surface area (Å²) in [6.45, 7) is 8.08. The zero-order chi connectivity index (χ0) is 15.1. The van der Waals surface area contributed by atoms with Crippen molar-refractivity contribution in [3.63, 3.8) is 0 Å². The number of rotatable bonds is 7. The van der Waals surface area contributed by atoms with E-state index >= 15 is 0 Å². The van der Waals surface area contributed by atoms with E-state index in [2.05, 4.69) is 67.7 Å². The Morgan fingerprint density at radius 2 is 1.67 bits per heavy atom. The van der Waals surface area contributed by atoms with Crippen molar-refractivity contribution in [1.29, 1.82) is 0 Å². The highest BCUT2D eigenvalue weighted by atomic mass is 16.5. The second-order valence-corrected chi connectivity index (χ2v) is 5.24. The average molecular weight is 283 g/mol. The van der Waals surface area contributed by atoms with Crippen LogP contribution in [-0.2, 0) is 0 Å². The van der Waals surface area contributed by atoms with E-state index in [0.29, 0.717) is 12.5 Å². The Hall–Kier alpha value is -1.80. The smallest absolute Gasteiger partial charge is 0.119 e. The first-order chi connectivity index (χ1) is 10.3. The average Bonchev–Trinajstić information content (AvgIpc) is 2.53. The van der Waals surface area contributed by atoms with Crippen LogP contribution in [0.5, 0.6) is 5.75 Å². The number of nitrogens with one attached hydrogen (secondary N) is 1. The number of ether oxygens (including phenoxy) is 1. The number of likely N-dealkylation sites (N-methyl/N-ethyl adjacent to an activating group) is 1. The van der Waals surface area contributed by atoms with Crippen molar-refractivity contribution in [2.75, 3.05) is 13.2 Å². The third-order valence-electron chi connectivity index (χ3n) is 3.78. The Morgan fingerprint density at radius 3 is 2.33 bits per heavy atom. The van der Waals surface area contributed by atoms with Crippen molar-refractivity contribution >= 4 is 0 Å². The molecule has 0 saturated heterocycles. The van der Waals surface area contributed by atoms with Gasteiger partial charge in [-0.25, -0.2) is 0 Å². The second kappa shape index (κ2) is 7.84. The maximum atomic E-state index is 5.63. The fourth-order valence-electron chi connectivity index (χ4n) is 2.72. The fraction of sp³-hybridized carbons (Fsp3) is 0.368. The molecule has 0 heterocycles. The van der Waals surface area contributed by atoms with Crippen LogP contribution in [0.15, 0.2) is 54.6 Å². The minimum Gasteiger partial charge on any atom is -0.494 e. The van der Waals surface area contributed by atoms with Crippen molar-refractivity contribution in [1.82, 2.24) is 5.32 Å². The summed E-state index contributed by atoms with van der Waals surface area (Å²) in [5.41, 5.74) is 2.63. The molecule has 112 valence electrons. The minimum absolute atomic E-state index is 0.290. The molecule has 2 heteroatoms. The standard InChI is InChI=1S/C19H25NO/c1-4-20-19(15(3)16-10-7-6-8-11-16)17-12-9-13-18(14-17)21-5-2/h6-15,19-20H,4-5H2,1-3H3. The molecule has 0 radical (unpaired) electrons. The lowest BCUT2D eigenvalue weighted by atomic mass is 9.88. The number of hydrogen-bond acceptors (Lipinski definition) is 2. The Morgan fingerprint density at radius 1 is 0.952 bits per heavy atom. The van der Waals surface area contributed by atoms with Gasteiger partial charge in [0.25, 0.3) is 0 Å². The van der Waals surface area contributed by atoms with Crippen LogP contribution >= 0.6 is 0 Å². The van der Waals surface area contributed by atoms with Crippen molar-refractivity contribution in [3.05, 3.63) is 65.7 Å². The van der Waals surface area contributed by atoms with Crippen LogP contribution in [0.3, 0.4) is 0 Å². The summed E-state index contributed by atoms with van der Waals surface area (Å²) in [4.78, 5) is 0. The number of benzene rings is 2. The summed E-state index contributed by atoms with van der Waals surface area (Å²) in [6, 6.07) is 19.4. The molecule has 2 rings (SSSR count). The lowest BCUT2D eigenvalue weighted by Crippen LogP contribution is -2.25. The highest BCUT2D eigenvalue weighted by Gasteiger charge is 2.20. The van der Waals surface area contributed by atoms with E-state index in [1.54, 1.807) is 0 Å². The van der Waals surface area contributed by atoms with Crippen LogP contribution in [0, 0.1) is 0 Å². The SMILES string of the molecule is CCNC(c1cccc(OCC)c1)C(C)c1ccccc1. The van der Waals surface area contributed by atoms with Gasteiger partial charge in [-0.15, -0.1) is 0 Å². The van der Waals surface area contributed by atoms with Gasteiger partial charge in [0, 0.05) is 12.0 Å². The third kappa shape index (κ3) is 4.08. The molecule has 0 aliphatic carbocycles. The Labute approximate surface area is 128 Å². The van der Waals surface area contributed by atoms with Gasteiger partial charge >= 0.3 is 0 Å². The lowest BCUT2D eigenvalue weighted by Gasteiger charge is -2.26. The Kier molecular flexibility index (Phi) is 5.82. The van der Waals surface area contributed by atoms with Crippen molar-refractivity contribution in [2.24, 2.45) is 0 Å². The van der Waals surface area contributed by atoms with Crippen LogP contribution in [0.1, 0.15) is 43.9 Å². The summed E-state index contributed by atoms with van der Waals surface area (Å²) in [7, 11) is 0. The maximum absolute atomic E-state index is 5.63. The molecular weight excluding hydrogens is 258 g/mol. The van der Waals surface area contributed by atoms with Crippen molar-refractivity contribution < 1.29 is 4.74 Å². The zero-order valence-electron chi connectivity index (χ0n) is 13.2. The molecule has 2 atom stereocenters. The Balaban J connectivity index is 2.27. The molecule has 0 amide bonds. The molecule has 0 aliphatic heterocycles. The van der Waals surface area contributed by atoms with Crippen molar-refractivity contribution in [3.8, 4) is 5.75 Å². The first-order valence-corrected chi connectivity index (χ1v) is 7.77. The van der Waals surface area contributed by atoms with E-state index in [-0.39, 0.29) is 6.04 Å². The van der Waals surface area contributed by atoms with Gasteiger partial charge in [0.2, 0.25) is 0 Å². The van der Waals surface area contributed by atoms with Gasteiger partial charge in [0.1, 0.15) is 5.75 Å². The molecule has 2 aromatic rings. The molecule has 2 aromatic carbocycles. The van der Waals surface area contributed by atoms with E-state index in [1.807, 2.05) is 13.0 Å². The Bertz CT molecular complexity index is 538. The van der Waals surface area contributed by atoms with E-state index in [4.69, 9.17) is 4.74 Å². The first-order valence-electron chi connectivity index (χ1n) is 7.77. The normalized spacial score (nSPS) is 13.7. The summed E-state index contributed by atoms with van der Waals surface area (Å²) in [5, 5.41) is 3.61. The van der Waals surface area contributed by atoms with Crippen LogP contribution in [0.25, 0.3) is 0 Å². The van der Waals surface area contributed by atoms with Gasteiger partial charge < -0.3 is 10.1 Å². The highest BCUT2D eigenvalue weighted by Crippen LogP contribution is 2.32. The quantitative estimate of drug-likeness (QED) is 0.805. The molecule has 2 nitrogen and oxygen atoms in total. The topological polar surface area (TPSA) is 21.3 Å². The molecule has 0 spiro atoms. The summed E-state index contributed by atoms with van der Waals surface area (Å²) in [6.07, 6.45) is 0. The molecule has 0 bridgehead atoms. The first kappa shape index (κ1) is 15.6. The monoisotopic (exact) mass is 283 g/mol. The zero-order valence-corrected chi connectivity index (χ0v) is 13.2. The van der Waals surface area contributed by atoms with E-state index in [1.165, 1.54) is 11.1 Å². The third-order valence-corrected chi connectivity index (χ3v) is 3.78. The van der Waals surface area contributed by atoms with Gasteiger partial charge in [-0.2, -0.15) is 0 Å². The summed E-state index contributed by atoms with van der Waals surface area (Å²) >= 11 is 0. The number of hydrogen-bond donors (Lipinski definition) is 1. The summed E-state index contributed by atoms with van der Waals surface area (Å²) < 4.78 is 5.63. The lowest BCUT2D eigenvalue weighted by molar-refractivity contribution is 0.339. The minimum atomic E-state index is 0.290. The van der Waals surface area contributed by atoms with Crippen molar-refractivity contribution in [2.45, 2.75) is 32.7 Å². The summed E-state index contributed by atoms with van der Waals surface area (Å²) in [5.74, 6) is 1.35. The van der Waals surface area contributed by atoms with E-state index in [9.17, 15) is 0 Å². The molecule has 0 aromatic heterocycles.